The lowest BCUT2D eigenvalue weighted by molar-refractivity contribution is -0.142. The Morgan fingerprint density at radius 1 is 1.40 bits per heavy atom. The van der Waals surface area contributed by atoms with Crippen LogP contribution in [-0.4, -0.2) is 30.2 Å². The summed E-state index contributed by atoms with van der Waals surface area (Å²) in [6, 6.07) is -0.426. The van der Waals surface area contributed by atoms with E-state index in [0.29, 0.717) is 11.3 Å². The SMILES string of the molecule is CC(=O)O.COC(=O)[C@@H](N)C[C@H]1CC2CCC1C2(C)C. The van der Waals surface area contributed by atoms with Crippen LogP contribution in [0.2, 0.25) is 0 Å². The monoisotopic (exact) mass is 285 g/mol. The Morgan fingerprint density at radius 3 is 2.30 bits per heavy atom. The highest BCUT2D eigenvalue weighted by Crippen LogP contribution is 2.61. The van der Waals surface area contributed by atoms with Crippen molar-refractivity contribution in [3.8, 4) is 0 Å². The van der Waals surface area contributed by atoms with Crippen LogP contribution >= 0.6 is 0 Å². The molecule has 0 amide bonds. The van der Waals surface area contributed by atoms with Crippen molar-refractivity contribution in [3.63, 3.8) is 0 Å². The molecule has 0 aliphatic heterocycles. The topological polar surface area (TPSA) is 89.6 Å². The van der Waals surface area contributed by atoms with Crippen molar-refractivity contribution in [2.45, 2.75) is 52.5 Å². The van der Waals surface area contributed by atoms with E-state index in [1.54, 1.807) is 0 Å². The van der Waals surface area contributed by atoms with Crippen LogP contribution in [-0.2, 0) is 14.3 Å². The first-order chi connectivity index (χ1) is 9.20. The van der Waals surface area contributed by atoms with Gasteiger partial charge < -0.3 is 15.6 Å². The maximum atomic E-state index is 11.3. The molecule has 5 heteroatoms. The number of hydrogen-bond donors (Lipinski definition) is 2. The summed E-state index contributed by atoms with van der Waals surface area (Å²) in [5.74, 6) is 1.13. The van der Waals surface area contributed by atoms with Gasteiger partial charge in [0, 0.05) is 6.92 Å². The number of methoxy groups -OCH3 is 1. The first-order valence-corrected chi connectivity index (χ1v) is 7.23. The third kappa shape index (κ3) is 3.72. The Kier molecular flexibility index (Phi) is 5.57. The van der Waals surface area contributed by atoms with Gasteiger partial charge in [-0.3, -0.25) is 9.59 Å². The molecule has 0 spiro atoms. The second-order valence-corrected chi connectivity index (χ2v) is 6.58. The number of nitrogens with two attached hydrogens (primary N) is 1. The number of carboxylic acid groups (broad SMARTS) is 1. The molecule has 5 nitrogen and oxygen atoms in total. The highest BCUT2D eigenvalue weighted by atomic mass is 16.5. The Morgan fingerprint density at radius 2 is 1.95 bits per heavy atom. The highest BCUT2D eigenvalue weighted by molar-refractivity contribution is 5.75. The molecular formula is C15H27NO4. The molecular weight excluding hydrogens is 258 g/mol. The normalized spacial score (nSPS) is 31.1. The van der Waals surface area contributed by atoms with Gasteiger partial charge in [0.15, 0.2) is 0 Å². The minimum atomic E-state index is -0.833. The van der Waals surface area contributed by atoms with Gasteiger partial charge in [-0.25, -0.2) is 0 Å². The number of carbonyl (C=O) groups excluding carboxylic acids is 1. The molecule has 3 N–H and O–H groups in total. The maximum Gasteiger partial charge on any atom is 0.322 e. The number of fused-ring (bicyclic) bond motifs is 2. The lowest BCUT2D eigenvalue weighted by Gasteiger charge is -2.27. The number of aliphatic carboxylic acids is 1. The maximum absolute atomic E-state index is 11.3. The van der Waals surface area contributed by atoms with Crippen LogP contribution in [0.15, 0.2) is 0 Å². The van der Waals surface area contributed by atoms with Gasteiger partial charge in [-0.2, -0.15) is 0 Å². The third-order valence-corrected chi connectivity index (χ3v) is 5.05. The number of hydrogen-bond acceptors (Lipinski definition) is 4. The Labute approximate surface area is 120 Å². The zero-order chi connectivity index (χ0) is 15.5. The van der Waals surface area contributed by atoms with E-state index >= 15 is 0 Å². The minimum absolute atomic E-state index is 0.263. The van der Waals surface area contributed by atoms with Crippen LogP contribution in [0.3, 0.4) is 0 Å². The lowest BCUT2D eigenvalue weighted by atomic mass is 9.78. The van der Waals surface area contributed by atoms with E-state index < -0.39 is 12.0 Å². The van der Waals surface area contributed by atoms with Crippen LogP contribution in [0.25, 0.3) is 0 Å². The molecule has 2 aliphatic carbocycles. The van der Waals surface area contributed by atoms with E-state index in [4.69, 9.17) is 20.4 Å². The smallest absolute Gasteiger partial charge is 0.322 e. The first kappa shape index (κ1) is 17.0. The molecule has 2 saturated carbocycles. The minimum Gasteiger partial charge on any atom is -0.481 e. The second kappa shape index (κ2) is 6.57. The molecule has 4 atom stereocenters. The van der Waals surface area contributed by atoms with Gasteiger partial charge in [-0.1, -0.05) is 13.8 Å². The summed E-state index contributed by atoms with van der Waals surface area (Å²) in [6.45, 7) is 5.83. The van der Waals surface area contributed by atoms with Crippen LogP contribution in [0, 0.1) is 23.2 Å². The van der Waals surface area contributed by atoms with Gasteiger partial charge in [0.2, 0.25) is 0 Å². The van der Waals surface area contributed by atoms with Crippen molar-refractivity contribution in [3.05, 3.63) is 0 Å². The standard InChI is InChI=1S/C13H23NO2.C2H4O2/c1-13(2)9-4-5-10(13)8(6-9)7-11(14)12(15)16-3;1-2(3)4/h8-11H,4-7,14H2,1-3H3;1H3,(H,3,4)/t8-,9?,10?,11+;/m1./s1. The lowest BCUT2D eigenvalue weighted by Crippen LogP contribution is -2.35. The van der Waals surface area contributed by atoms with Crippen LogP contribution in [0.5, 0.6) is 0 Å². The van der Waals surface area contributed by atoms with Crippen LogP contribution in [0.4, 0.5) is 0 Å². The fourth-order valence-electron chi connectivity index (χ4n) is 4.06. The number of esters is 1. The van der Waals surface area contributed by atoms with Crippen molar-refractivity contribution >= 4 is 11.9 Å². The molecule has 2 fully saturated rings. The first-order valence-electron chi connectivity index (χ1n) is 7.23. The van der Waals surface area contributed by atoms with E-state index in [9.17, 15) is 4.79 Å². The van der Waals surface area contributed by atoms with Gasteiger partial charge in [-0.05, 0) is 48.9 Å². The van der Waals surface area contributed by atoms with Gasteiger partial charge in [0.05, 0.1) is 7.11 Å². The quantitative estimate of drug-likeness (QED) is 0.774. The highest BCUT2D eigenvalue weighted by Gasteiger charge is 2.53. The van der Waals surface area contributed by atoms with E-state index in [-0.39, 0.29) is 5.97 Å². The molecule has 2 bridgehead atoms. The van der Waals surface area contributed by atoms with Crippen molar-refractivity contribution in [1.29, 1.82) is 0 Å². The Balaban J connectivity index is 0.000000444. The van der Waals surface area contributed by atoms with E-state index in [2.05, 4.69) is 13.8 Å². The van der Waals surface area contributed by atoms with Crippen LogP contribution < -0.4 is 5.73 Å². The van der Waals surface area contributed by atoms with Gasteiger partial charge >= 0.3 is 5.97 Å². The number of carbonyl (C=O) groups is 2. The summed E-state index contributed by atoms with van der Waals surface area (Å²) >= 11 is 0. The number of rotatable bonds is 3. The molecule has 0 heterocycles. The largest absolute Gasteiger partial charge is 0.481 e. The summed E-state index contributed by atoms with van der Waals surface area (Å²) in [5.41, 5.74) is 6.31. The molecule has 2 rings (SSSR count). The Bertz CT molecular complexity index is 363. The van der Waals surface area contributed by atoms with Crippen molar-refractivity contribution in [1.82, 2.24) is 0 Å². The van der Waals surface area contributed by atoms with E-state index in [1.165, 1.54) is 26.4 Å². The number of ether oxygens (including phenoxy) is 1. The average molecular weight is 285 g/mol. The fraction of sp³-hybridized carbons (Fsp3) is 0.867. The van der Waals surface area contributed by atoms with Gasteiger partial charge in [0.25, 0.3) is 5.97 Å². The predicted molar refractivity (Wildman–Crippen MR) is 76.0 cm³/mol. The Hall–Kier alpha value is -1.10. The van der Waals surface area contributed by atoms with Gasteiger partial charge in [0.1, 0.15) is 6.04 Å². The molecule has 0 aromatic rings. The molecule has 2 aliphatic rings. The summed E-state index contributed by atoms with van der Waals surface area (Å²) in [6.07, 6.45) is 4.73. The van der Waals surface area contributed by atoms with Gasteiger partial charge in [-0.15, -0.1) is 0 Å². The third-order valence-electron chi connectivity index (χ3n) is 5.05. The molecule has 2 unspecified atom stereocenters. The van der Waals surface area contributed by atoms with Crippen molar-refractivity contribution in [2.24, 2.45) is 28.9 Å². The van der Waals surface area contributed by atoms with E-state index in [1.807, 2.05) is 0 Å². The summed E-state index contributed by atoms with van der Waals surface area (Å²) in [5, 5.41) is 7.42. The molecule has 116 valence electrons. The summed E-state index contributed by atoms with van der Waals surface area (Å²) in [4.78, 5) is 20.3. The molecule has 0 radical (unpaired) electrons. The zero-order valence-corrected chi connectivity index (χ0v) is 12.9. The van der Waals surface area contributed by atoms with Crippen molar-refractivity contribution < 1.29 is 19.4 Å². The predicted octanol–water partition coefficient (Wildman–Crippen LogP) is 2.04. The summed E-state index contributed by atoms with van der Waals surface area (Å²) < 4.78 is 4.69. The fourth-order valence-corrected chi connectivity index (χ4v) is 4.06. The average Bonchev–Trinajstić information content (AvgIpc) is 2.75. The zero-order valence-electron chi connectivity index (χ0n) is 12.9. The second-order valence-electron chi connectivity index (χ2n) is 6.58. The number of carboxylic acids is 1. The van der Waals surface area contributed by atoms with E-state index in [0.717, 1.165) is 25.2 Å². The van der Waals surface area contributed by atoms with Crippen LogP contribution in [0.1, 0.15) is 46.5 Å². The molecule has 0 aromatic carbocycles. The summed E-state index contributed by atoms with van der Waals surface area (Å²) in [7, 11) is 1.41. The van der Waals surface area contributed by atoms with Crippen molar-refractivity contribution in [2.75, 3.05) is 7.11 Å². The molecule has 20 heavy (non-hydrogen) atoms. The molecule has 0 saturated heterocycles. The molecule has 0 aromatic heterocycles.